The number of H-pyrrole nitrogens is 1. The smallest absolute Gasteiger partial charge is 0.278 e. The van der Waals surface area contributed by atoms with Gasteiger partial charge in [-0.1, -0.05) is 0 Å². The van der Waals surface area contributed by atoms with E-state index in [1.165, 1.54) is 0 Å². The molecule has 0 saturated heterocycles. The monoisotopic (exact) mass is 151 g/mol. The Bertz CT molecular complexity index is 328. The molecule has 1 aromatic rings. The molecule has 2 amide bonds. The van der Waals surface area contributed by atoms with Crippen molar-refractivity contribution in [3.8, 4) is 0 Å². The Morgan fingerprint density at radius 2 is 2.27 bits per heavy atom. The maximum atomic E-state index is 10.9. The average Bonchev–Trinajstić information content (AvgIpc) is 2.34. The normalized spacial score (nSPS) is 16.0. The van der Waals surface area contributed by atoms with Gasteiger partial charge in [0.15, 0.2) is 5.69 Å². The van der Waals surface area contributed by atoms with E-state index >= 15 is 0 Å². The van der Waals surface area contributed by atoms with E-state index in [0.29, 0.717) is 11.3 Å². The third-order valence-corrected chi connectivity index (χ3v) is 1.54. The standard InChI is InChI=1S/C6H5N3O2/c10-4-1-3-2-7-9-5(3)6(11)8-4/h2H,1H2,(H,7,9)(H,8,10,11). The minimum Gasteiger partial charge on any atom is -0.291 e. The highest BCUT2D eigenvalue weighted by molar-refractivity contribution is 6.08. The number of nitrogens with zero attached hydrogens (tertiary/aromatic N) is 1. The molecule has 2 heterocycles. The number of carbonyl (C=O) groups excluding carboxylic acids is 2. The Balaban J connectivity index is 2.52. The van der Waals surface area contributed by atoms with Gasteiger partial charge in [0.05, 0.1) is 6.42 Å². The van der Waals surface area contributed by atoms with Crippen LogP contribution in [0.3, 0.4) is 0 Å². The molecule has 0 aromatic carbocycles. The molecule has 5 heteroatoms. The van der Waals surface area contributed by atoms with E-state index in [0.717, 1.165) is 0 Å². The molecule has 0 fully saturated rings. The van der Waals surface area contributed by atoms with Crippen molar-refractivity contribution in [2.45, 2.75) is 6.42 Å². The summed E-state index contributed by atoms with van der Waals surface area (Å²) in [6.07, 6.45) is 1.80. The van der Waals surface area contributed by atoms with Crippen molar-refractivity contribution in [2.24, 2.45) is 0 Å². The molecule has 0 bridgehead atoms. The maximum Gasteiger partial charge on any atom is 0.278 e. The SMILES string of the molecule is O=C1Cc2c[nH]nc2C(=O)N1. The summed E-state index contributed by atoms with van der Waals surface area (Å²) in [6.45, 7) is 0. The quantitative estimate of drug-likeness (QED) is 0.478. The first-order valence-corrected chi connectivity index (χ1v) is 3.14. The molecule has 56 valence electrons. The first kappa shape index (κ1) is 6.09. The summed E-state index contributed by atoms with van der Waals surface area (Å²) >= 11 is 0. The van der Waals surface area contributed by atoms with Gasteiger partial charge in [-0.25, -0.2) is 0 Å². The predicted molar refractivity (Wildman–Crippen MR) is 34.8 cm³/mol. The van der Waals surface area contributed by atoms with Gasteiger partial charge in [0.1, 0.15) is 0 Å². The Morgan fingerprint density at radius 3 is 3.09 bits per heavy atom. The van der Waals surface area contributed by atoms with Crippen LogP contribution in [-0.2, 0) is 11.2 Å². The van der Waals surface area contributed by atoms with Crippen LogP contribution in [0.25, 0.3) is 0 Å². The zero-order valence-corrected chi connectivity index (χ0v) is 5.55. The van der Waals surface area contributed by atoms with Crippen LogP contribution < -0.4 is 5.32 Å². The number of hydrogen-bond acceptors (Lipinski definition) is 3. The fraction of sp³-hybridized carbons (Fsp3) is 0.167. The van der Waals surface area contributed by atoms with Crippen LogP contribution >= 0.6 is 0 Å². The van der Waals surface area contributed by atoms with Gasteiger partial charge in [0.2, 0.25) is 5.91 Å². The van der Waals surface area contributed by atoms with Crippen molar-refractivity contribution in [2.75, 3.05) is 0 Å². The number of imide groups is 1. The van der Waals surface area contributed by atoms with Crippen molar-refractivity contribution in [3.05, 3.63) is 17.5 Å². The fourth-order valence-corrected chi connectivity index (χ4v) is 1.05. The number of rotatable bonds is 0. The molecule has 0 spiro atoms. The highest BCUT2D eigenvalue weighted by Crippen LogP contribution is 2.09. The first-order valence-electron chi connectivity index (χ1n) is 3.14. The second-order valence-electron chi connectivity index (χ2n) is 2.31. The Morgan fingerprint density at radius 1 is 1.45 bits per heavy atom. The second kappa shape index (κ2) is 1.91. The van der Waals surface area contributed by atoms with Gasteiger partial charge in [-0.15, -0.1) is 0 Å². The molecule has 11 heavy (non-hydrogen) atoms. The zero-order chi connectivity index (χ0) is 7.84. The second-order valence-corrected chi connectivity index (χ2v) is 2.31. The van der Waals surface area contributed by atoms with Gasteiger partial charge in [0, 0.05) is 11.8 Å². The van der Waals surface area contributed by atoms with E-state index < -0.39 is 5.91 Å². The van der Waals surface area contributed by atoms with Crippen molar-refractivity contribution in [1.82, 2.24) is 15.5 Å². The number of aromatic amines is 1. The summed E-state index contributed by atoms with van der Waals surface area (Å²) in [5.74, 6) is -0.693. The number of amides is 2. The van der Waals surface area contributed by atoms with Gasteiger partial charge < -0.3 is 0 Å². The van der Waals surface area contributed by atoms with E-state index in [1.807, 2.05) is 0 Å². The summed E-state index contributed by atoms with van der Waals surface area (Å²) in [6, 6.07) is 0. The molecule has 1 aliphatic rings. The summed E-state index contributed by atoms with van der Waals surface area (Å²) in [5, 5.41) is 8.37. The Labute approximate surface area is 61.8 Å². The van der Waals surface area contributed by atoms with E-state index in [4.69, 9.17) is 0 Å². The molecule has 5 nitrogen and oxygen atoms in total. The third kappa shape index (κ3) is 0.813. The van der Waals surface area contributed by atoms with Crippen molar-refractivity contribution in [3.63, 3.8) is 0 Å². The molecule has 2 rings (SSSR count). The van der Waals surface area contributed by atoms with E-state index in [-0.39, 0.29) is 12.3 Å². The number of hydrogen-bond donors (Lipinski definition) is 2. The van der Waals surface area contributed by atoms with Gasteiger partial charge in [0.25, 0.3) is 5.91 Å². The lowest BCUT2D eigenvalue weighted by atomic mass is 10.1. The molecule has 0 saturated carbocycles. The highest BCUT2D eigenvalue weighted by Gasteiger charge is 2.23. The van der Waals surface area contributed by atoms with Crippen molar-refractivity contribution in [1.29, 1.82) is 0 Å². The fourth-order valence-electron chi connectivity index (χ4n) is 1.05. The number of aromatic nitrogens is 2. The van der Waals surface area contributed by atoms with E-state index in [9.17, 15) is 9.59 Å². The van der Waals surface area contributed by atoms with Crippen molar-refractivity contribution >= 4 is 11.8 Å². The zero-order valence-electron chi connectivity index (χ0n) is 5.55. The number of carbonyl (C=O) groups is 2. The molecule has 0 radical (unpaired) electrons. The summed E-state index contributed by atoms with van der Waals surface area (Å²) < 4.78 is 0. The van der Waals surface area contributed by atoms with E-state index in [2.05, 4.69) is 15.5 Å². The summed E-state index contributed by atoms with van der Waals surface area (Å²) in [5.41, 5.74) is 0.989. The lowest BCUT2D eigenvalue weighted by Gasteiger charge is -2.07. The average molecular weight is 151 g/mol. The van der Waals surface area contributed by atoms with Crippen LogP contribution in [0.2, 0.25) is 0 Å². The first-order chi connectivity index (χ1) is 5.27. The Kier molecular flexibility index (Phi) is 1.06. The molecule has 0 atom stereocenters. The molecular formula is C6H5N3O2. The van der Waals surface area contributed by atoms with Crippen LogP contribution in [0.15, 0.2) is 6.20 Å². The topological polar surface area (TPSA) is 74.8 Å². The van der Waals surface area contributed by atoms with Crippen LogP contribution in [0.1, 0.15) is 16.1 Å². The largest absolute Gasteiger partial charge is 0.291 e. The predicted octanol–water partition coefficient (Wildman–Crippen LogP) is -0.778. The molecule has 1 aromatic heterocycles. The van der Waals surface area contributed by atoms with Gasteiger partial charge in [-0.2, -0.15) is 5.10 Å². The molecule has 0 unspecified atom stereocenters. The van der Waals surface area contributed by atoms with Gasteiger partial charge >= 0.3 is 0 Å². The lowest BCUT2D eigenvalue weighted by molar-refractivity contribution is -0.119. The van der Waals surface area contributed by atoms with Gasteiger partial charge in [-0.05, 0) is 0 Å². The van der Waals surface area contributed by atoms with Crippen LogP contribution in [0.4, 0.5) is 0 Å². The van der Waals surface area contributed by atoms with Crippen LogP contribution in [-0.4, -0.2) is 22.0 Å². The molecule has 0 aliphatic carbocycles. The minimum atomic E-state index is -0.419. The van der Waals surface area contributed by atoms with Gasteiger partial charge in [-0.3, -0.25) is 20.0 Å². The minimum absolute atomic E-state index is 0.234. The lowest BCUT2D eigenvalue weighted by Crippen LogP contribution is -2.36. The number of nitrogens with one attached hydrogen (secondary N) is 2. The summed E-state index contributed by atoms with van der Waals surface area (Å²) in [4.78, 5) is 21.7. The molecule has 1 aliphatic heterocycles. The van der Waals surface area contributed by atoms with E-state index in [1.54, 1.807) is 6.20 Å². The van der Waals surface area contributed by atoms with Crippen LogP contribution in [0, 0.1) is 0 Å². The molecular weight excluding hydrogens is 146 g/mol. The third-order valence-electron chi connectivity index (χ3n) is 1.54. The summed E-state index contributed by atoms with van der Waals surface area (Å²) in [7, 11) is 0. The Hall–Kier alpha value is -1.65. The van der Waals surface area contributed by atoms with Crippen molar-refractivity contribution < 1.29 is 9.59 Å². The highest BCUT2D eigenvalue weighted by atomic mass is 16.2. The van der Waals surface area contributed by atoms with Crippen LogP contribution in [0.5, 0.6) is 0 Å². The molecule has 2 N–H and O–H groups in total. The number of fused-ring (bicyclic) bond motifs is 1. The maximum absolute atomic E-state index is 10.9.